The van der Waals surface area contributed by atoms with Gasteiger partial charge in [-0.25, -0.2) is 0 Å². The minimum absolute atomic E-state index is 0.0445. The standard InChI is InChI=1S/C14H20O3/c1-11(15)4-5-13-6-8-14(9-7-13)17-12(2)10-16-3/h6-9,12H,4-5,10H2,1-3H3. The fourth-order valence-corrected chi connectivity index (χ4v) is 1.56. The molecule has 3 nitrogen and oxygen atoms in total. The predicted molar refractivity (Wildman–Crippen MR) is 67.4 cm³/mol. The van der Waals surface area contributed by atoms with Gasteiger partial charge >= 0.3 is 0 Å². The van der Waals surface area contributed by atoms with Crippen LogP contribution in [0.1, 0.15) is 25.8 Å². The number of Topliss-reactive ketones (excluding diaryl/α,β-unsaturated/α-hetero) is 1. The molecule has 0 aliphatic rings. The van der Waals surface area contributed by atoms with E-state index in [0.29, 0.717) is 13.0 Å². The number of rotatable bonds is 7. The highest BCUT2D eigenvalue weighted by Crippen LogP contribution is 2.15. The number of carbonyl (C=O) groups excluding carboxylic acids is 1. The molecule has 0 aromatic heterocycles. The number of aryl methyl sites for hydroxylation is 1. The van der Waals surface area contributed by atoms with E-state index in [2.05, 4.69) is 0 Å². The van der Waals surface area contributed by atoms with Crippen LogP contribution in [0.3, 0.4) is 0 Å². The van der Waals surface area contributed by atoms with Crippen molar-refractivity contribution in [1.29, 1.82) is 0 Å². The molecular formula is C14H20O3. The summed E-state index contributed by atoms with van der Waals surface area (Å²) in [5.41, 5.74) is 1.16. The fourth-order valence-electron chi connectivity index (χ4n) is 1.56. The van der Waals surface area contributed by atoms with E-state index in [9.17, 15) is 4.79 Å². The van der Waals surface area contributed by atoms with Crippen LogP contribution < -0.4 is 4.74 Å². The zero-order chi connectivity index (χ0) is 12.7. The minimum Gasteiger partial charge on any atom is -0.488 e. The van der Waals surface area contributed by atoms with E-state index in [1.165, 1.54) is 0 Å². The summed E-state index contributed by atoms with van der Waals surface area (Å²) in [6.07, 6.45) is 1.44. The van der Waals surface area contributed by atoms with Crippen LogP contribution in [0.5, 0.6) is 5.75 Å². The van der Waals surface area contributed by atoms with Gasteiger partial charge in [-0.05, 0) is 38.0 Å². The number of carbonyl (C=O) groups is 1. The zero-order valence-electron chi connectivity index (χ0n) is 10.7. The van der Waals surface area contributed by atoms with Crippen LogP contribution in [-0.4, -0.2) is 25.6 Å². The van der Waals surface area contributed by atoms with Gasteiger partial charge in [0.25, 0.3) is 0 Å². The van der Waals surface area contributed by atoms with E-state index in [-0.39, 0.29) is 11.9 Å². The second kappa shape index (κ2) is 7.07. The highest BCUT2D eigenvalue weighted by atomic mass is 16.5. The van der Waals surface area contributed by atoms with Crippen LogP contribution in [0, 0.1) is 0 Å². The molecule has 1 aromatic carbocycles. The number of methoxy groups -OCH3 is 1. The molecule has 0 saturated carbocycles. The maximum Gasteiger partial charge on any atom is 0.130 e. The monoisotopic (exact) mass is 236 g/mol. The summed E-state index contributed by atoms with van der Waals surface area (Å²) in [6.45, 7) is 4.16. The highest BCUT2D eigenvalue weighted by molar-refractivity contribution is 5.75. The van der Waals surface area contributed by atoms with E-state index in [1.807, 2.05) is 31.2 Å². The largest absolute Gasteiger partial charge is 0.488 e. The van der Waals surface area contributed by atoms with Crippen LogP contribution >= 0.6 is 0 Å². The lowest BCUT2D eigenvalue weighted by Crippen LogP contribution is -2.17. The Morgan fingerprint density at radius 2 is 1.94 bits per heavy atom. The molecule has 0 bridgehead atoms. The van der Waals surface area contributed by atoms with Crippen LogP contribution in [0.4, 0.5) is 0 Å². The van der Waals surface area contributed by atoms with Crippen molar-refractivity contribution in [3.63, 3.8) is 0 Å². The molecule has 0 fully saturated rings. The first-order chi connectivity index (χ1) is 8.11. The Bertz CT molecular complexity index is 343. The molecule has 1 rings (SSSR count). The Morgan fingerprint density at radius 3 is 2.47 bits per heavy atom. The van der Waals surface area contributed by atoms with Gasteiger partial charge in [0.1, 0.15) is 17.6 Å². The van der Waals surface area contributed by atoms with E-state index < -0.39 is 0 Å². The van der Waals surface area contributed by atoms with Gasteiger partial charge in [0.15, 0.2) is 0 Å². The minimum atomic E-state index is 0.0445. The fraction of sp³-hybridized carbons (Fsp3) is 0.500. The third kappa shape index (κ3) is 5.50. The number of hydrogen-bond donors (Lipinski definition) is 0. The highest BCUT2D eigenvalue weighted by Gasteiger charge is 2.03. The van der Waals surface area contributed by atoms with Crippen LogP contribution in [-0.2, 0) is 16.0 Å². The Morgan fingerprint density at radius 1 is 1.29 bits per heavy atom. The molecule has 0 saturated heterocycles. The number of benzene rings is 1. The normalized spacial score (nSPS) is 12.2. The summed E-state index contributed by atoms with van der Waals surface area (Å²) in [7, 11) is 1.66. The summed E-state index contributed by atoms with van der Waals surface area (Å²) in [4.78, 5) is 10.9. The molecule has 0 heterocycles. The first-order valence-corrected chi connectivity index (χ1v) is 5.85. The van der Waals surface area contributed by atoms with Gasteiger partial charge in [-0.2, -0.15) is 0 Å². The average molecular weight is 236 g/mol. The molecule has 94 valence electrons. The Labute approximate surface area is 103 Å². The summed E-state index contributed by atoms with van der Waals surface area (Å²) in [6, 6.07) is 7.86. The summed E-state index contributed by atoms with van der Waals surface area (Å²) < 4.78 is 10.6. The lowest BCUT2D eigenvalue weighted by molar-refractivity contribution is -0.116. The molecule has 0 N–H and O–H groups in total. The van der Waals surface area contributed by atoms with Crippen LogP contribution in [0.25, 0.3) is 0 Å². The van der Waals surface area contributed by atoms with Gasteiger partial charge in [-0.1, -0.05) is 12.1 Å². The van der Waals surface area contributed by atoms with Gasteiger partial charge < -0.3 is 14.3 Å². The first kappa shape index (κ1) is 13.7. The van der Waals surface area contributed by atoms with E-state index in [0.717, 1.165) is 17.7 Å². The second-order valence-electron chi connectivity index (χ2n) is 4.23. The number of ether oxygens (including phenoxy) is 2. The summed E-state index contributed by atoms with van der Waals surface area (Å²) >= 11 is 0. The van der Waals surface area contributed by atoms with E-state index in [4.69, 9.17) is 9.47 Å². The lowest BCUT2D eigenvalue weighted by atomic mass is 10.1. The molecule has 0 radical (unpaired) electrons. The average Bonchev–Trinajstić information content (AvgIpc) is 2.28. The lowest BCUT2D eigenvalue weighted by Gasteiger charge is -2.13. The molecule has 3 heteroatoms. The predicted octanol–water partition coefficient (Wildman–Crippen LogP) is 2.62. The first-order valence-electron chi connectivity index (χ1n) is 5.85. The quantitative estimate of drug-likeness (QED) is 0.730. The molecule has 1 aromatic rings. The third-order valence-corrected chi connectivity index (χ3v) is 2.43. The van der Waals surface area contributed by atoms with Crippen molar-refractivity contribution in [1.82, 2.24) is 0 Å². The molecule has 0 aliphatic heterocycles. The molecular weight excluding hydrogens is 216 g/mol. The topological polar surface area (TPSA) is 35.5 Å². The Kier molecular flexibility index (Phi) is 5.70. The van der Waals surface area contributed by atoms with Crippen molar-refractivity contribution >= 4 is 5.78 Å². The van der Waals surface area contributed by atoms with Crippen molar-refractivity contribution in [3.8, 4) is 5.75 Å². The number of hydrogen-bond acceptors (Lipinski definition) is 3. The zero-order valence-corrected chi connectivity index (χ0v) is 10.7. The Balaban J connectivity index is 2.47. The molecule has 0 amide bonds. The van der Waals surface area contributed by atoms with Crippen molar-refractivity contribution in [2.45, 2.75) is 32.8 Å². The van der Waals surface area contributed by atoms with Crippen LogP contribution in [0.15, 0.2) is 24.3 Å². The van der Waals surface area contributed by atoms with Gasteiger partial charge in [0.2, 0.25) is 0 Å². The maximum atomic E-state index is 10.9. The van der Waals surface area contributed by atoms with Crippen LogP contribution in [0.2, 0.25) is 0 Å². The smallest absolute Gasteiger partial charge is 0.130 e. The molecule has 1 unspecified atom stereocenters. The van der Waals surface area contributed by atoms with E-state index in [1.54, 1.807) is 14.0 Å². The summed E-state index contributed by atoms with van der Waals surface area (Å²) in [5.74, 6) is 1.06. The van der Waals surface area contributed by atoms with E-state index >= 15 is 0 Å². The van der Waals surface area contributed by atoms with Gasteiger partial charge in [-0.15, -0.1) is 0 Å². The van der Waals surface area contributed by atoms with Gasteiger partial charge in [-0.3, -0.25) is 0 Å². The van der Waals surface area contributed by atoms with Crippen molar-refractivity contribution < 1.29 is 14.3 Å². The number of ketones is 1. The SMILES string of the molecule is COCC(C)Oc1ccc(CCC(C)=O)cc1. The Hall–Kier alpha value is -1.35. The van der Waals surface area contributed by atoms with Crippen molar-refractivity contribution in [3.05, 3.63) is 29.8 Å². The second-order valence-corrected chi connectivity index (χ2v) is 4.23. The summed E-state index contributed by atoms with van der Waals surface area (Å²) in [5, 5.41) is 0. The van der Waals surface area contributed by atoms with Gasteiger partial charge in [0, 0.05) is 13.5 Å². The molecule has 0 spiro atoms. The van der Waals surface area contributed by atoms with Crippen molar-refractivity contribution in [2.24, 2.45) is 0 Å². The molecule has 17 heavy (non-hydrogen) atoms. The van der Waals surface area contributed by atoms with Crippen molar-refractivity contribution in [2.75, 3.05) is 13.7 Å². The maximum absolute atomic E-state index is 10.9. The molecule has 1 atom stereocenters. The van der Waals surface area contributed by atoms with Gasteiger partial charge in [0.05, 0.1) is 6.61 Å². The third-order valence-electron chi connectivity index (χ3n) is 2.43. The molecule has 0 aliphatic carbocycles.